The molecule has 1 amide bonds. The molecule has 1 aliphatic carbocycles. The smallest absolute Gasteiger partial charge is 0.227 e. The molecule has 1 N–H and O–H groups in total. The summed E-state index contributed by atoms with van der Waals surface area (Å²) in [6.45, 7) is 2.35. The lowest BCUT2D eigenvalue weighted by Crippen LogP contribution is -2.49. The lowest BCUT2D eigenvalue weighted by molar-refractivity contribution is -0.134. The van der Waals surface area contributed by atoms with Gasteiger partial charge in [0.1, 0.15) is 11.9 Å². The average molecular weight is 324 g/mol. The number of hydrogen-bond acceptors (Lipinski definition) is 3. The number of carbonyl (C=O) groups excluding carboxylic acids is 1. The van der Waals surface area contributed by atoms with Crippen LogP contribution in [-0.2, 0) is 31.1 Å². The van der Waals surface area contributed by atoms with Crippen molar-refractivity contribution < 1.29 is 4.79 Å². The van der Waals surface area contributed by atoms with Crippen molar-refractivity contribution in [3.8, 4) is 0 Å². The van der Waals surface area contributed by atoms with E-state index in [1.54, 1.807) is 6.20 Å². The molecule has 1 aromatic carbocycles. The summed E-state index contributed by atoms with van der Waals surface area (Å²) in [5, 5.41) is 3.39. The van der Waals surface area contributed by atoms with Crippen LogP contribution in [-0.4, -0.2) is 40.0 Å². The van der Waals surface area contributed by atoms with Crippen molar-refractivity contribution in [1.29, 1.82) is 0 Å². The summed E-state index contributed by atoms with van der Waals surface area (Å²) >= 11 is 0. The molecular formula is C19H24N4O. The highest BCUT2D eigenvalue weighted by Gasteiger charge is 2.30. The van der Waals surface area contributed by atoms with E-state index in [2.05, 4.69) is 28.5 Å². The molecule has 4 rings (SSSR count). The summed E-state index contributed by atoms with van der Waals surface area (Å²) in [6, 6.07) is 6.58. The number of rotatable bonds is 3. The second-order valence-electron chi connectivity index (χ2n) is 6.84. The van der Waals surface area contributed by atoms with Gasteiger partial charge in [-0.3, -0.25) is 4.79 Å². The van der Waals surface area contributed by atoms with E-state index in [1.165, 1.54) is 24.0 Å². The van der Waals surface area contributed by atoms with Crippen molar-refractivity contribution in [3.05, 3.63) is 53.1 Å². The molecule has 1 aromatic heterocycles. The van der Waals surface area contributed by atoms with E-state index in [0.29, 0.717) is 6.42 Å². The Kier molecular flexibility index (Phi) is 4.10. The molecule has 5 nitrogen and oxygen atoms in total. The van der Waals surface area contributed by atoms with E-state index in [9.17, 15) is 4.79 Å². The van der Waals surface area contributed by atoms with Crippen LogP contribution in [0.5, 0.6) is 0 Å². The van der Waals surface area contributed by atoms with Gasteiger partial charge in [0.05, 0.1) is 6.42 Å². The van der Waals surface area contributed by atoms with Gasteiger partial charge < -0.3 is 14.8 Å². The zero-order valence-electron chi connectivity index (χ0n) is 14.2. The maximum atomic E-state index is 12.9. The van der Waals surface area contributed by atoms with E-state index < -0.39 is 0 Å². The third kappa shape index (κ3) is 2.84. The van der Waals surface area contributed by atoms with Crippen molar-refractivity contribution in [2.75, 3.05) is 19.6 Å². The number of nitrogens with zero attached hydrogens (tertiary/aromatic N) is 3. The number of aryl methyl sites for hydroxylation is 3. The summed E-state index contributed by atoms with van der Waals surface area (Å²) in [7, 11) is 1.99. The minimum atomic E-state index is 0.0145. The lowest BCUT2D eigenvalue weighted by Gasteiger charge is -2.36. The molecule has 1 fully saturated rings. The van der Waals surface area contributed by atoms with E-state index in [0.717, 1.165) is 37.4 Å². The third-order valence-electron chi connectivity index (χ3n) is 5.24. The third-order valence-corrected chi connectivity index (χ3v) is 5.24. The number of benzene rings is 1. The number of amides is 1. The van der Waals surface area contributed by atoms with Crippen molar-refractivity contribution in [1.82, 2.24) is 19.8 Å². The molecule has 24 heavy (non-hydrogen) atoms. The van der Waals surface area contributed by atoms with Gasteiger partial charge in [-0.15, -0.1) is 0 Å². The average Bonchev–Trinajstić information content (AvgIpc) is 3.23. The van der Waals surface area contributed by atoms with Crippen LogP contribution < -0.4 is 5.32 Å². The van der Waals surface area contributed by atoms with Gasteiger partial charge in [0.15, 0.2) is 0 Å². The predicted octanol–water partition coefficient (Wildman–Crippen LogP) is 1.62. The minimum absolute atomic E-state index is 0.0145. The van der Waals surface area contributed by atoms with Gasteiger partial charge in [0.2, 0.25) is 5.91 Å². The summed E-state index contributed by atoms with van der Waals surface area (Å²) in [5.41, 5.74) is 4.03. The highest BCUT2D eigenvalue weighted by Crippen LogP contribution is 2.25. The lowest BCUT2D eigenvalue weighted by atomic mass is 10.0. The Balaban J connectivity index is 1.53. The Morgan fingerprint density at radius 2 is 2.21 bits per heavy atom. The van der Waals surface area contributed by atoms with Gasteiger partial charge in [-0.2, -0.15) is 0 Å². The quantitative estimate of drug-likeness (QED) is 0.933. The molecule has 0 radical (unpaired) electrons. The fourth-order valence-corrected chi connectivity index (χ4v) is 3.94. The summed E-state index contributed by atoms with van der Waals surface area (Å²) in [5.74, 6) is 1.15. The number of fused-ring (bicyclic) bond motifs is 1. The van der Waals surface area contributed by atoms with Crippen LogP contribution in [0.25, 0.3) is 0 Å². The number of carbonyl (C=O) groups is 1. The SMILES string of the molecule is Cn1ccnc1C1CNCCN1C(=O)Cc1ccc2c(c1)CCC2. The van der Waals surface area contributed by atoms with Crippen LogP contribution in [0.1, 0.15) is 35.0 Å². The van der Waals surface area contributed by atoms with E-state index in [1.807, 2.05) is 22.7 Å². The van der Waals surface area contributed by atoms with Gasteiger partial charge in [-0.25, -0.2) is 4.98 Å². The van der Waals surface area contributed by atoms with Crippen molar-refractivity contribution >= 4 is 5.91 Å². The minimum Gasteiger partial charge on any atom is -0.336 e. The van der Waals surface area contributed by atoms with Crippen molar-refractivity contribution in [2.24, 2.45) is 7.05 Å². The molecule has 0 spiro atoms. The Hall–Kier alpha value is -2.14. The summed E-state index contributed by atoms with van der Waals surface area (Å²) in [4.78, 5) is 19.4. The molecule has 1 unspecified atom stereocenters. The first-order valence-corrected chi connectivity index (χ1v) is 8.80. The van der Waals surface area contributed by atoms with Gasteiger partial charge >= 0.3 is 0 Å². The van der Waals surface area contributed by atoms with Gasteiger partial charge in [-0.05, 0) is 36.0 Å². The highest BCUT2D eigenvalue weighted by molar-refractivity contribution is 5.79. The van der Waals surface area contributed by atoms with Gasteiger partial charge in [0, 0.05) is 39.1 Å². The zero-order valence-corrected chi connectivity index (χ0v) is 14.2. The maximum Gasteiger partial charge on any atom is 0.227 e. The molecule has 1 saturated heterocycles. The topological polar surface area (TPSA) is 50.2 Å². The number of piperazine rings is 1. The summed E-state index contributed by atoms with van der Waals surface area (Å²) < 4.78 is 2.01. The van der Waals surface area contributed by atoms with Crippen molar-refractivity contribution in [2.45, 2.75) is 31.7 Å². The van der Waals surface area contributed by atoms with E-state index >= 15 is 0 Å². The van der Waals surface area contributed by atoms with Crippen molar-refractivity contribution in [3.63, 3.8) is 0 Å². The zero-order chi connectivity index (χ0) is 16.5. The Bertz CT molecular complexity index is 752. The number of aromatic nitrogens is 2. The molecule has 0 saturated carbocycles. The van der Waals surface area contributed by atoms with Crippen LogP contribution in [0.15, 0.2) is 30.6 Å². The highest BCUT2D eigenvalue weighted by atomic mass is 16.2. The largest absolute Gasteiger partial charge is 0.336 e. The molecule has 2 aliphatic rings. The molecule has 2 heterocycles. The van der Waals surface area contributed by atoms with Crippen LogP contribution in [0.4, 0.5) is 0 Å². The van der Waals surface area contributed by atoms with Crippen LogP contribution in [0, 0.1) is 0 Å². The molecule has 2 aromatic rings. The molecule has 5 heteroatoms. The Morgan fingerprint density at radius 3 is 3.04 bits per heavy atom. The second-order valence-corrected chi connectivity index (χ2v) is 6.84. The first-order chi connectivity index (χ1) is 11.7. The fraction of sp³-hybridized carbons (Fsp3) is 0.474. The van der Waals surface area contributed by atoms with Crippen LogP contribution in [0.3, 0.4) is 0 Å². The predicted molar refractivity (Wildman–Crippen MR) is 92.7 cm³/mol. The fourth-order valence-electron chi connectivity index (χ4n) is 3.94. The summed E-state index contributed by atoms with van der Waals surface area (Å²) in [6.07, 6.45) is 7.80. The standard InChI is InChI=1S/C19H24N4O/c1-22-9-8-21-19(22)17-13-20-7-10-23(17)18(24)12-14-5-6-15-3-2-4-16(15)11-14/h5-6,8-9,11,17,20H,2-4,7,10,12-13H2,1H3. The second kappa shape index (κ2) is 6.40. The first-order valence-electron chi connectivity index (χ1n) is 8.80. The number of hydrogen-bond donors (Lipinski definition) is 1. The van der Waals surface area contributed by atoms with Crippen LogP contribution in [0.2, 0.25) is 0 Å². The number of nitrogens with one attached hydrogen (secondary N) is 1. The van der Waals surface area contributed by atoms with E-state index in [4.69, 9.17) is 0 Å². The Labute approximate surface area is 142 Å². The Morgan fingerprint density at radius 1 is 1.33 bits per heavy atom. The maximum absolute atomic E-state index is 12.9. The molecule has 1 atom stereocenters. The normalized spacial score (nSPS) is 20.2. The first kappa shape index (κ1) is 15.4. The molecule has 1 aliphatic heterocycles. The number of imidazole rings is 1. The van der Waals surface area contributed by atoms with Gasteiger partial charge in [-0.1, -0.05) is 18.2 Å². The monoisotopic (exact) mass is 324 g/mol. The van der Waals surface area contributed by atoms with Gasteiger partial charge in [0.25, 0.3) is 0 Å². The van der Waals surface area contributed by atoms with Crippen LogP contribution >= 0.6 is 0 Å². The molecule has 0 bridgehead atoms. The van der Waals surface area contributed by atoms with E-state index in [-0.39, 0.29) is 11.9 Å². The molecule has 126 valence electrons. The molecular weight excluding hydrogens is 300 g/mol.